The molecule has 0 saturated heterocycles. The minimum absolute atomic E-state index is 0.295. The van der Waals surface area contributed by atoms with E-state index in [2.05, 4.69) is 74.8 Å². The van der Waals surface area contributed by atoms with Gasteiger partial charge in [0.2, 0.25) is 0 Å². The molecule has 2 aromatic carbocycles. The van der Waals surface area contributed by atoms with Crippen molar-refractivity contribution in [2.75, 3.05) is 7.05 Å². The number of likely N-dealkylation sites (N-methyl/N-ethyl adjacent to an activating group) is 1. The maximum atomic E-state index is 4.38. The lowest BCUT2D eigenvalue weighted by molar-refractivity contribution is 0.592. The van der Waals surface area contributed by atoms with Crippen molar-refractivity contribution in [3.63, 3.8) is 0 Å². The van der Waals surface area contributed by atoms with Gasteiger partial charge >= 0.3 is 0 Å². The minimum Gasteiger partial charge on any atom is -0.313 e. The zero-order chi connectivity index (χ0) is 14.7. The molecule has 0 fully saturated rings. The van der Waals surface area contributed by atoms with Crippen LogP contribution in [0.4, 0.5) is 0 Å². The van der Waals surface area contributed by atoms with E-state index >= 15 is 0 Å². The molecule has 1 atom stereocenters. The highest BCUT2D eigenvalue weighted by atomic mass is 79.9. The first kappa shape index (κ1) is 14.2. The highest BCUT2D eigenvalue weighted by Crippen LogP contribution is 2.23. The van der Waals surface area contributed by atoms with Crippen molar-refractivity contribution >= 4 is 26.8 Å². The third-order valence-corrected chi connectivity index (χ3v) is 4.20. The lowest BCUT2D eigenvalue weighted by Crippen LogP contribution is -2.18. The average Bonchev–Trinajstić information content (AvgIpc) is 2.52. The highest BCUT2D eigenvalue weighted by molar-refractivity contribution is 9.10. The first-order valence-electron chi connectivity index (χ1n) is 7.02. The first-order chi connectivity index (χ1) is 10.3. The Hall–Kier alpha value is -1.71. The van der Waals surface area contributed by atoms with Gasteiger partial charge in [0.1, 0.15) is 0 Å². The number of fused-ring (bicyclic) bond motifs is 1. The second-order valence-electron chi connectivity index (χ2n) is 5.13. The summed E-state index contributed by atoms with van der Waals surface area (Å²) in [6.45, 7) is 0. The Kier molecular flexibility index (Phi) is 4.32. The second-order valence-corrected chi connectivity index (χ2v) is 6.05. The van der Waals surface area contributed by atoms with E-state index in [0.717, 1.165) is 16.4 Å². The van der Waals surface area contributed by atoms with Crippen molar-refractivity contribution in [3.05, 3.63) is 76.4 Å². The maximum Gasteiger partial charge on any atom is 0.0702 e. The topological polar surface area (TPSA) is 24.9 Å². The molecule has 0 spiro atoms. The number of aromatic nitrogens is 1. The van der Waals surface area contributed by atoms with Crippen LogP contribution < -0.4 is 5.32 Å². The Morgan fingerprint density at radius 2 is 2.00 bits per heavy atom. The summed E-state index contributed by atoms with van der Waals surface area (Å²) < 4.78 is 1.12. The van der Waals surface area contributed by atoms with Gasteiger partial charge in [0.15, 0.2) is 0 Å². The van der Waals surface area contributed by atoms with Crippen molar-refractivity contribution in [3.8, 4) is 0 Å². The standard InChI is InChI=1S/C18H17BrN2/c1-20-18(11-13-4-2-6-16(19)10-13)15-7-8-17-14(12-15)5-3-9-21-17/h2-10,12,18,20H,11H2,1H3. The van der Waals surface area contributed by atoms with E-state index in [-0.39, 0.29) is 0 Å². The van der Waals surface area contributed by atoms with Crippen LogP contribution in [0, 0.1) is 0 Å². The van der Waals surface area contributed by atoms with Gasteiger partial charge in [-0.15, -0.1) is 0 Å². The molecular formula is C18H17BrN2. The summed E-state index contributed by atoms with van der Waals surface area (Å²) in [6, 6.07) is 19.3. The quantitative estimate of drug-likeness (QED) is 0.756. The Bertz CT molecular complexity index is 755. The number of hydrogen-bond donors (Lipinski definition) is 1. The van der Waals surface area contributed by atoms with Gasteiger partial charge in [-0.1, -0.05) is 40.2 Å². The fourth-order valence-electron chi connectivity index (χ4n) is 2.60. The predicted octanol–water partition coefficient (Wildman–Crippen LogP) is 4.50. The lowest BCUT2D eigenvalue weighted by atomic mass is 9.98. The SMILES string of the molecule is CNC(Cc1cccc(Br)c1)c1ccc2ncccc2c1. The fraction of sp³-hybridized carbons (Fsp3) is 0.167. The van der Waals surface area contributed by atoms with Crippen molar-refractivity contribution in [1.82, 2.24) is 10.3 Å². The van der Waals surface area contributed by atoms with E-state index in [1.165, 1.54) is 16.5 Å². The number of nitrogens with one attached hydrogen (secondary N) is 1. The fourth-order valence-corrected chi connectivity index (χ4v) is 3.04. The number of halogens is 1. The second kappa shape index (κ2) is 6.37. The van der Waals surface area contributed by atoms with Crippen LogP contribution in [0.1, 0.15) is 17.2 Å². The minimum atomic E-state index is 0.295. The molecule has 0 amide bonds. The van der Waals surface area contributed by atoms with Crippen LogP contribution in [0.15, 0.2) is 65.3 Å². The number of hydrogen-bond acceptors (Lipinski definition) is 2. The molecule has 106 valence electrons. The third kappa shape index (κ3) is 3.31. The zero-order valence-electron chi connectivity index (χ0n) is 11.9. The first-order valence-corrected chi connectivity index (χ1v) is 7.82. The molecule has 0 aliphatic rings. The summed E-state index contributed by atoms with van der Waals surface area (Å²) >= 11 is 3.53. The van der Waals surface area contributed by atoms with Crippen LogP contribution >= 0.6 is 15.9 Å². The Labute approximate surface area is 133 Å². The van der Waals surface area contributed by atoms with Gasteiger partial charge in [0.25, 0.3) is 0 Å². The van der Waals surface area contributed by atoms with E-state index in [4.69, 9.17) is 0 Å². The van der Waals surface area contributed by atoms with Crippen LogP contribution in [-0.4, -0.2) is 12.0 Å². The van der Waals surface area contributed by atoms with Crippen LogP contribution in [0.5, 0.6) is 0 Å². The summed E-state index contributed by atoms with van der Waals surface area (Å²) in [5.41, 5.74) is 3.64. The Morgan fingerprint density at radius 3 is 2.81 bits per heavy atom. The monoisotopic (exact) mass is 340 g/mol. The van der Waals surface area contributed by atoms with Crippen molar-refractivity contribution in [2.24, 2.45) is 0 Å². The number of rotatable bonds is 4. The van der Waals surface area contributed by atoms with E-state index in [1.807, 2.05) is 19.3 Å². The molecule has 3 aromatic rings. The molecule has 3 heteroatoms. The molecule has 1 unspecified atom stereocenters. The van der Waals surface area contributed by atoms with E-state index in [1.54, 1.807) is 0 Å². The summed E-state index contributed by atoms with van der Waals surface area (Å²) in [5.74, 6) is 0. The molecule has 1 aromatic heterocycles. The summed E-state index contributed by atoms with van der Waals surface area (Å²) in [5, 5.41) is 4.60. The molecule has 3 rings (SSSR count). The molecule has 0 bridgehead atoms. The molecule has 0 aliphatic heterocycles. The average molecular weight is 341 g/mol. The van der Waals surface area contributed by atoms with Gasteiger partial charge in [-0.2, -0.15) is 0 Å². The summed E-state index contributed by atoms with van der Waals surface area (Å²) in [4.78, 5) is 4.38. The molecular weight excluding hydrogens is 324 g/mol. The lowest BCUT2D eigenvalue weighted by Gasteiger charge is -2.17. The molecule has 2 nitrogen and oxygen atoms in total. The van der Waals surface area contributed by atoms with Gasteiger partial charge in [-0.25, -0.2) is 0 Å². The smallest absolute Gasteiger partial charge is 0.0702 e. The third-order valence-electron chi connectivity index (χ3n) is 3.71. The van der Waals surface area contributed by atoms with Crippen LogP contribution in [0.3, 0.4) is 0 Å². The molecule has 1 heterocycles. The van der Waals surface area contributed by atoms with Crippen molar-refractivity contribution in [1.29, 1.82) is 0 Å². The number of pyridine rings is 1. The van der Waals surface area contributed by atoms with Gasteiger partial charge in [-0.3, -0.25) is 4.98 Å². The van der Waals surface area contributed by atoms with Gasteiger partial charge in [0.05, 0.1) is 5.52 Å². The molecule has 0 radical (unpaired) electrons. The molecule has 0 aliphatic carbocycles. The molecule has 21 heavy (non-hydrogen) atoms. The molecule has 1 N–H and O–H groups in total. The van der Waals surface area contributed by atoms with Crippen molar-refractivity contribution in [2.45, 2.75) is 12.5 Å². The van der Waals surface area contributed by atoms with E-state index in [9.17, 15) is 0 Å². The molecule has 0 saturated carbocycles. The van der Waals surface area contributed by atoms with E-state index < -0.39 is 0 Å². The predicted molar refractivity (Wildman–Crippen MR) is 91.4 cm³/mol. The van der Waals surface area contributed by atoms with Crippen LogP contribution in [0.2, 0.25) is 0 Å². The Morgan fingerprint density at radius 1 is 1.10 bits per heavy atom. The van der Waals surface area contributed by atoms with Crippen molar-refractivity contribution < 1.29 is 0 Å². The normalized spacial score (nSPS) is 12.5. The summed E-state index contributed by atoms with van der Waals surface area (Å²) in [6.07, 6.45) is 2.79. The number of benzene rings is 2. The Balaban J connectivity index is 1.90. The largest absolute Gasteiger partial charge is 0.313 e. The van der Waals surface area contributed by atoms with E-state index in [0.29, 0.717) is 6.04 Å². The van der Waals surface area contributed by atoms with Crippen LogP contribution in [-0.2, 0) is 6.42 Å². The number of nitrogens with zero attached hydrogens (tertiary/aromatic N) is 1. The van der Waals surface area contributed by atoms with Gasteiger partial charge < -0.3 is 5.32 Å². The van der Waals surface area contributed by atoms with Gasteiger partial charge in [-0.05, 0) is 54.9 Å². The van der Waals surface area contributed by atoms with Gasteiger partial charge in [0, 0.05) is 22.1 Å². The summed E-state index contributed by atoms with van der Waals surface area (Å²) in [7, 11) is 2.01. The maximum absolute atomic E-state index is 4.38. The van der Waals surface area contributed by atoms with Crippen LogP contribution in [0.25, 0.3) is 10.9 Å². The highest BCUT2D eigenvalue weighted by Gasteiger charge is 2.11. The zero-order valence-corrected chi connectivity index (χ0v) is 13.5.